The van der Waals surface area contributed by atoms with Crippen molar-refractivity contribution in [1.82, 2.24) is 0 Å². The van der Waals surface area contributed by atoms with Crippen molar-refractivity contribution in [2.75, 3.05) is 6.61 Å². The summed E-state index contributed by atoms with van der Waals surface area (Å²) in [6.45, 7) is 0.412. The fraction of sp³-hybridized carbons (Fsp3) is 0.0588. The third-order valence-electron chi connectivity index (χ3n) is 2.47. The first kappa shape index (κ1) is 13.6. The maximum absolute atomic E-state index is 9.13. The number of aromatic hydroxyl groups is 2. The minimum atomic E-state index is 0.215. The molecule has 2 aromatic carbocycles. The van der Waals surface area contributed by atoms with Crippen LogP contribution < -0.4 is 4.74 Å². The molecule has 0 aliphatic heterocycles. The number of hydrogen-bond acceptors (Lipinski definition) is 3. The summed E-state index contributed by atoms with van der Waals surface area (Å²) in [7, 11) is 0. The molecule has 3 heteroatoms. The van der Waals surface area contributed by atoms with Crippen molar-refractivity contribution in [3.8, 4) is 29.1 Å². The van der Waals surface area contributed by atoms with Gasteiger partial charge in [-0.05, 0) is 60.7 Å². The van der Waals surface area contributed by atoms with E-state index in [0.29, 0.717) is 12.4 Å². The second-order valence-corrected chi connectivity index (χ2v) is 4.02. The highest BCUT2D eigenvalue weighted by molar-refractivity contribution is 5.39. The van der Waals surface area contributed by atoms with Gasteiger partial charge in [0.15, 0.2) is 0 Å². The Hall–Kier alpha value is -2.86. The maximum atomic E-state index is 9.13. The van der Waals surface area contributed by atoms with Crippen molar-refractivity contribution in [2.45, 2.75) is 0 Å². The highest BCUT2D eigenvalue weighted by Gasteiger charge is 1.91. The van der Waals surface area contributed by atoms with E-state index in [1.807, 2.05) is 0 Å². The van der Waals surface area contributed by atoms with Crippen molar-refractivity contribution >= 4 is 0 Å². The Bertz CT molecular complexity index is 629. The minimum absolute atomic E-state index is 0.215. The van der Waals surface area contributed by atoms with E-state index in [1.165, 1.54) is 0 Å². The molecule has 0 saturated heterocycles. The van der Waals surface area contributed by atoms with Crippen LogP contribution in [0.3, 0.4) is 0 Å². The molecule has 0 aliphatic rings. The monoisotopic (exact) mass is 266 g/mol. The Morgan fingerprint density at radius 1 is 0.900 bits per heavy atom. The largest absolute Gasteiger partial charge is 0.508 e. The summed E-state index contributed by atoms with van der Waals surface area (Å²) in [5, 5.41) is 18.2. The number of ether oxygens (including phenoxy) is 1. The summed E-state index contributed by atoms with van der Waals surface area (Å²) in [4.78, 5) is 0. The third-order valence-corrected chi connectivity index (χ3v) is 2.47. The fourth-order valence-corrected chi connectivity index (χ4v) is 1.46. The molecule has 3 nitrogen and oxygen atoms in total. The smallest absolute Gasteiger partial charge is 0.120 e. The first-order chi connectivity index (χ1) is 9.74. The van der Waals surface area contributed by atoms with Crippen molar-refractivity contribution < 1.29 is 14.9 Å². The van der Waals surface area contributed by atoms with Crippen LogP contribution in [0.4, 0.5) is 0 Å². The van der Waals surface area contributed by atoms with Crippen LogP contribution in [0.25, 0.3) is 0 Å². The Kier molecular flexibility index (Phi) is 4.69. The zero-order chi connectivity index (χ0) is 14.2. The van der Waals surface area contributed by atoms with Gasteiger partial charge in [0.1, 0.15) is 23.9 Å². The summed E-state index contributed by atoms with van der Waals surface area (Å²) in [5.41, 5.74) is 0.840. The third kappa shape index (κ3) is 4.43. The molecule has 20 heavy (non-hydrogen) atoms. The molecule has 0 fully saturated rings. The van der Waals surface area contributed by atoms with Crippen LogP contribution in [0.2, 0.25) is 0 Å². The lowest BCUT2D eigenvalue weighted by molar-refractivity contribution is 0.362. The molecule has 0 spiro atoms. The van der Waals surface area contributed by atoms with Crippen LogP contribution in [-0.4, -0.2) is 16.8 Å². The van der Waals surface area contributed by atoms with Crippen molar-refractivity contribution in [2.24, 2.45) is 0 Å². The van der Waals surface area contributed by atoms with Gasteiger partial charge in [0.05, 0.1) is 0 Å². The minimum Gasteiger partial charge on any atom is -0.508 e. The quantitative estimate of drug-likeness (QED) is 0.839. The van der Waals surface area contributed by atoms with Gasteiger partial charge >= 0.3 is 0 Å². The van der Waals surface area contributed by atoms with E-state index in [4.69, 9.17) is 14.9 Å². The van der Waals surface area contributed by atoms with Crippen molar-refractivity contribution in [1.29, 1.82) is 0 Å². The summed E-state index contributed by atoms with van der Waals surface area (Å²) in [6, 6.07) is 13.2. The van der Waals surface area contributed by atoms with E-state index in [9.17, 15) is 0 Å². The van der Waals surface area contributed by atoms with Crippen LogP contribution in [-0.2, 0) is 0 Å². The number of hydrogen-bond donors (Lipinski definition) is 2. The molecule has 0 unspecified atom stereocenters. The molecule has 0 amide bonds. The first-order valence-corrected chi connectivity index (χ1v) is 6.11. The van der Waals surface area contributed by atoms with Gasteiger partial charge in [0.25, 0.3) is 0 Å². The number of rotatable bonds is 3. The lowest BCUT2D eigenvalue weighted by Crippen LogP contribution is -1.92. The summed E-state index contributed by atoms with van der Waals surface area (Å²) < 4.78 is 5.43. The van der Waals surface area contributed by atoms with Crippen LogP contribution in [0.5, 0.6) is 17.2 Å². The predicted octanol–water partition coefficient (Wildman–Crippen LogP) is 3.08. The zero-order valence-corrected chi connectivity index (χ0v) is 10.8. The SMILES string of the molecule is Oc1ccc(C#C/C=C/COc2ccc(O)cc2)cc1. The zero-order valence-electron chi connectivity index (χ0n) is 10.8. The first-order valence-electron chi connectivity index (χ1n) is 6.11. The second-order valence-electron chi connectivity index (χ2n) is 4.02. The maximum Gasteiger partial charge on any atom is 0.120 e. The molecule has 2 N–H and O–H groups in total. The van der Waals surface area contributed by atoms with Gasteiger partial charge in [-0.3, -0.25) is 0 Å². The topological polar surface area (TPSA) is 49.7 Å². The van der Waals surface area contributed by atoms with Crippen molar-refractivity contribution in [3.05, 3.63) is 66.2 Å². The van der Waals surface area contributed by atoms with E-state index in [0.717, 1.165) is 5.56 Å². The summed E-state index contributed by atoms with van der Waals surface area (Å²) in [6.07, 6.45) is 3.52. The fourth-order valence-electron chi connectivity index (χ4n) is 1.46. The molecular formula is C17H14O3. The van der Waals surface area contributed by atoms with Gasteiger partial charge in [-0.15, -0.1) is 0 Å². The molecule has 0 aliphatic carbocycles. The molecule has 0 saturated carbocycles. The van der Waals surface area contributed by atoms with Gasteiger partial charge in [0, 0.05) is 5.56 Å². The predicted molar refractivity (Wildman–Crippen MR) is 77.7 cm³/mol. The average molecular weight is 266 g/mol. The van der Waals surface area contributed by atoms with Crippen molar-refractivity contribution in [3.63, 3.8) is 0 Å². The Labute approximate surface area is 117 Å². The molecule has 2 rings (SSSR count). The number of phenols is 2. The van der Waals surface area contributed by atoms with E-state index < -0.39 is 0 Å². The number of allylic oxidation sites excluding steroid dienone is 1. The molecule has 0 atom stereocenters. The average Bonchev–Trinajstić information content (AvgIpc) is 2.46. The van der Waals surface area contributed by atoms with Gasteiger partial charge in [-0.1, -0.05) is 11.8 Å². The molecule has 0 aromatic heterocycles. The molecular weight excluding hydrogens is 252 g/mol. The van der Waals surface area contributed by atoms with Crippen LogP contribution in [0, 0.1) is 11.8 Å². The van der Waals surface area contributed by atoms with Crippen LogP contribution in [0.15, 0.2) is 60.7 Å². The lowest BCUT2D eigenvalue weighted by atomic mass is 10.2. The molecule has 0 radical (unpaired) electrons. The van der Waals surface area contributed by atoms with E-state index in [2.05, 4.69) is 11.8 Å². The molecule has 0 heterocycles. The van der Waals surface area contributed by atoms with E-state index in [-0.39, 0.29) is 11.5 Å². The van der Waals surface area contributed by atoms with Gasteiger partial charge in [-0.25, -0.2) is 0 Å². The van der Waals surface area contributed by atoms with Gasteiger partial charge < -0.3 is 14.9 Å². The highest BCUT2D eigenvalue weighted by Crippen LogP contribution is 2.15. The summed E-state index contributed by atoms with van der Waals surface area (Å²) in [5.74, 6) is 6.96. The summed E-state index contributed by atoms with van der Waals surface area (Å²) >= 11 is 0. The van der Waals surface area contributed by atoms with Crippen LogP contribution in [0.1, 0.15) is 5.56 Å². The lowest BCUT2D eigenvalue weighted by Gasteiger charge is -2.01. The highest BCUT2D eigenvalue weighted by atomic mass is 16.5. The standard InChI is InChI=1S/C17H14O3/c18-15-7-5-14(6-8-15)4-2-1-3-13-20-17-11-9-16(19)10-12-17/h1,3,5-12,18-19H,13H2/b3-1+. The number of benzene rings is 2. The molecule has 100 valence electrons. The second kappa shape index (κ2) is 6.91. The normalized spacial score (nSPS) is 10.0. The number of phenolic OH excluding ortho intramolecular Hbond substituents is 2. The van der Waals surface area contributed by atoms with Crippen LogP contribution >= 0.6 is 0 Å². The molecule has 0 bridgehead atoms. The van der Waals surface area contributed by atoms with E-state index in [1.54, 1.807) is 60.7 Å². The van der Waals surface area contributed by atoms with E-state index >= 15 is 0 Å². The Morgan fingerprint density at radius 2 is 1.50 bits per heavy atom. The van der Waals surface area contributed by atoms with Gasteiger partial charge in [0.2, 0.25) is 0 Å². The van der Waals surface area contributed by atoms with Gasteiger partial charge in [-0.2, -0.15) is 0 Å². The molecule has 2 aromatic rings. The Balaban J connectivity index is 1.80. The Morgan fingerprint density at radius 3 is 2.15 bits per heavy atom.